The van der Waals surface area contributed by atoms with Crippen molar-refractivity contribution < 1.29 is 34.4 Å². The van der Waals surface area contributed by atoms with Crippen LogP contribution < -0.4 is 33.3 Å². The van der Waals surface area contributed by atoms with E-state index in [-0.39, 0.29) is 66.3 Å². The summed E-state index contributed by atoms with van der Waals surface area (Å²) in [6.07, 6.45) is 10.8. The number of allylic oxidation sites excluding steroid dienone is 2. The van der Waals surface area contributed by atoms with E-state index >= 15 is 0 Å². The third-order valence-electron chi connectivity index (χ3n) is 15.6. The van der Waals surface area contributed by atoms with Crippen molar-refractivity contribution >= 4 is 35.2 Å². The van der Waals surface area contributed by atoms with Gasteiger partial charge in [-0.3, -0.25) is 48.1 Å². The van der Waals surface area contributed by atoms with Gasteiger partial charge in [0, 0.05) is 92.6 Å². The highest BCUT2D eigenvalue weighted by Crippen LogP contribution is 2.33. The molecule has 2 aliphatic heterocycles. The smallest absolute Gasteiger partial charge is 0.351 e. The van der Waals surface area contributed by atoms with Crippen molar-refractivity contribution in [2.45, 2.75) is 135 Å². The van der Waals surface area contributed by atoms with E-state index in [1.165, 1.54) is 20.9 Å². The molecule has 10 rings (SSSR count). The fourth-order valence-electron chi connectivity index (χ4n) is 11.6. The number of nitrogen functional groups attached to an aromatic ring is 1. The van der Waals surface area contributed by atoms with Crippen LogP contribution in [0.1, 0.15) is 114 Å². The number of aromatic nitrogens is 5. The first-order chi connectivity index (χ1) is 41.2. The Balaban J connectivity index is 0.000000195. The molecule has 3 aromatic heterocycles. The zero-order valence-corrected chi connectivity index (χ0v) is 50.8. The van der Waals surface area contributed by atoms with Gasteiger partial charge in [0.2, 0.25) is 17.6 Å². The van der Waals surface area contributed by atoms with Crippen molar-refractivity contribution in [2.24, 2.45) is 11.8 Å². The fourth-order valence-corrected chi connectivity index (χ4v) is 12.5. The average molecular weight is 1200 g/mol. The van der Waals surface area contributed by atoms with Crippen LogP contribution in [0.3, 0.4) is 0 Å². The molecule has 2 saturated heterocycles. The van der Waals surface area contributed by atoms with E-state index in [0.29, 0.717) is 62.3 Å². The van der Waals surface area contributed by atoms with Gasteiger partial charge in [-0.05, 0) is 119 Å². The number of nitrogens with zero attached hydrogens (tertiary/aromatic N) is 6. The number of ether oxygens (including phenoxy) is 1. The number of carbonyl (C=O) groups is 3. The van der Waals surface area contributed by atoms with Gasteiger partial charge in [0.25, 0.3) is 5.56 Å². The highest BCUT2D eigenvalue weighted by molar-refractivity contribution is 8.00. The summed E-state index contributed by atoms with van der Waals surface area (Å²) in [6, 6.07) is 27.8. The van der Waals surface area contributed by atoms with Gasteiger partial charge in [0.1, 0.15) is 29.2 Å². The number of nitrogens with two attached hydrogens (primary N) is 1. The van der Waals surface area contributed by atoms with Gasteiger partial charge < -0.3 is 36.4 Å². The van der Waals surface area contributed by atoms with E-state index in [4.69, 9.17) is 15.6 Å². The van der Waals surface area contributed by atoms with Gasteiger partial charge in [-0.15, -0.1) is 11.8 Å². The maximum absolute atomic E-state index is 13.8. The van der Waals surface area contributed by atoms with Gasteiger partial charge >= 0.3 is 11.4 Å². The second kappa shape index (κ2) is 29.8. The Hall–Kier alpha value is -7.37. The van der Waals surface area contributed by atoms with Crippen LogP contribution in [0.4, 0.5) is 5.82 Å². The van der Waals surface area contributed by atoms with Crippen LogP contribution >= 0.6 is 11.8 Å². The van der Waals surface area contributed by atoms with Crippen molar-refractivity contribution in [2.75, 3.05) is 44.3 Å². The number of rotatable bonds is 18. The molecule has 6 aromatic rings. The third kappa shape index (κ3) is 17.4. The van der Waals surface area contributed by atoms with Crippen LogP contribution in [-0.4, -0.2) is 135 Å². The van der Waals surface area contributed by atoms with Crippen molar-refractivity contribution in [3.05, 3.63) is 203 Å². The second-order valence-electron chi connectivity index (χ2n) is 23.7. The summed E-state index contributed by atoms with van der Waals surface area (Å²) in [6.45, 7) is 14.8. The number of aliphatic hydroxyl groups excluding tert-OH is 3. The average Bonchev–Trinajstić information content (AvgIpc) is 1.72. The quantitative estimate of drug-likeness (QED) is 0.0431. The Labute approximate surface area is 505 Å². The lowest BCUT2D eigenvalue weighted by molar-refractivity contribution is -0.132. The molecule has 3 aromatic carbocycles. The molecule has 7 atom stereocenters. The summed E-state index contributed by atoms with van der Waals surface area (Å²) >= 11 is 1.47. The SMILES string of the molecule is CC(C)(C)NC(=O)[C@@H]1CN(Cc2cccnc2)CCN1C[C@@H](O)C[C@@H](Cc1ccccc1)C(=O)N[C@H]1c2ccccc2C[C@H]1O.CCc1c(C(=O)c2cc(C)cc(C)c2)n(CC2CC=CC2)c(=O)[nH]c1=O.Nc1ccn([C@@H]2CS[C@H](CO)O2)c(=O)n1. The number of H-pyrrole nitrogens is 1. The molecule has 8 N–H and O–H groups in total. The lowest BCUT2D eigenvalue weighted by Gasteiger charge is -2.42. The molecule has 0 unspecified atom stereocenters. The summed E-state index contributed by atoms with van der Waals surface area (Å²) in [5.74, 6) is 0.0464. The third-order valence-corrected chi connectivity index (χ3v) is 16.8. The van der Waals surface area contributed by atoms with Gasteiger partial charge in [-0.2, -0.15) is 4.98 Å². The van der Waals surface area contributed by atoms with E-state index in [9.17, 15) is 39.0 Å². The van der Waals surface area contributed by atoms with Gasteiger partial charge in [0.15, 0.2) is 0 Å². The zero-order valence-electron chi connectivity index (χ0n) is 49.9. The first-order valence-electron chi connectivity index (χ1n) is 29.5. The van der Waals surface area contributed by atoms with Gasteiger partial charge in [-0.25, -0.2) is 9.59 Å². The van der Waals surface area contributed by atoms with Crippen LogP contribution in [-0.2, 0) is 46.7 Å². The minimum atomic E-state index is -0.833. The highest BCUT2D eigenvalue weighted by Gasteiger charge is 2.38. The number of anilines is 1. The predicted molar refractivity (Wildman–Crippen MR) is 332 cm³/mol. The Morgan fingerprint density at radius 3 is 2.30 bits per heavy atom. The Bertz CT molecular complexity index is 3470. The molecule has 21 heteroatoms. The lowest BCUT2D eigenvalue weighted by atomic mass is 9.91. The molecule has 458 valence electrons. The number of fused-ring (bicyclic) bond motifs is 1. The molecule has 2 fully saturated rings. The molecule has 5 heterocycles. The van der Waals surface area contributed by atoms with E-state index < -0.39 is 52.7 Å². The van der Waals surface area contributed by atoms with E-state index in [0.717, 1.165) is 52.8 Å². The number of aromatic amines is 1. The second-order valence-corrected chi connectivity index (χ2v) is 24.9. The molecular formula is C65H82N10O10S. The van der Waals surface area contributed by atoms with Crippen LogP contribution in [0.25, 0.3) is 0 Å². The normalized spacial score (nSPS) is 20.2. The molecule has 86 heavy (non-hydrogen) atoms. The van der Waals surface area contributed by atoms with Crippen LogP contribution in [0, 0.1) is 25.7 Å². The summed E-state index contributed by atoms with van der Waals surface area (Å²) in [5, 5.41) is 37.4. The molecule has 2 aliphatic carbocycles. The van der Waals surface area contributed by atoms with Gasteiger partial charge in [-0.1, -0.05) is 96.9 Å². The number of aliphatic hydroxyl groups is 3. The van der Waals surface area contributed by atoms with E-state index in [1.807, 2.05) is 133 Å². The topological polar surface area (TPSA) is 280 Å². The van der Waals surface area contributed by atoms with Crippen molar-refractivity contribution in [1.29, 1.82) is 0 Å². The monoisotopic (exact) mass is 1190 g/mol. The summed E-state index contributed by atoms with van der Waals surface area (Å²) in [7, 11) is 0. The summed E-state index contributed by atoms with van der Waals surface area (Å²) in [4.78, 5) is 91.5. The lowest BCUT2D eigenvalue weighted by Crippen LogP contribution is -2.61. The Morgan fingerprint density at radius 1 is 0.930 bits per heavy atom. The number of carbonyl (C=O) groups excluding carboxylic acids is 3. The molecule has 2 amide bonds. The fraction of sp³-hybridized carbons (Fsp3) is 0.446. The highest BCUT2D eigenvalue weighted by atomic mass is 32.2. The van der Waals surface area contributed by atoms with Crippen LogP contribution in [0.2, 0.25) is 0 Å². The van der Waals surface area contributed by atoms with Crippen LogP contribution in [0.5, 0.6) is 0 Å². The minimum Gasteiger partial charge on any atom is -0.393 e. The number of hydrogen-bond donors (Lipinski definition) is 7. The first kappa shape index (κ1) is 64.6. The number of β-amino-alcohol motifs (C(OH)–C–C–N with tert-alkyl or cyclic N) is 1. The van der Waals surface area contributed by atoms with Crippen molar-refractivity contribution in [1.82, 2.24) is 44.5 Å². The molecule has 20 nitrogen and oxygen atoms in total. The number of benzene rings is 3. The summed E-state index contributed by atoms with van der Waals surface area (Å²) < 4.78 is 8.26. The molecule has 0 spiro atoms. The van der Waals surface area contributed by atoms with Crippen molar-refractivity contribution in [3.63, 3.8) is 0 Å². The zero-order chi connectivity index (χ0) is 61.7. The number of ketones is 1. The number of nitrogens with one attached hydrogen (secondary N) is 3. The Kier molecular flexibility index (Phi) is 22.4. The standard InChI is InChI=1S/C36H47N5O4.C21H24N2O3.C8H11N3O3S/c1-36(2,3)39-35(45)31-24-40(22-26-12-9-15-37-21-26)16-17-41(31)23-29(42)19-28(18-25-10-5-4-6-11-25)34(44)38-33-30-14-8-7-13-27(30)20-32(33)43;1-4-17-18(19(24)16-10-13(2)9-14(3)11-16)23(21(26)22-20(17)25)12-15-7-5-6-8-15;9-5-1-2-11(8(13)10-5)6-4-15-7(3-12)14-6/h4-15,21,28-29,31-33,42-43H,16-20,22-24H2,1-3H3,(H,38,44)(H,39,45);5-6,9-11,15H,4,7-8,12H2,1-3H3,(H,22,25,26);1-2,6-7,12H,3-4H2,(H2,9,10,13)/t28-,29+,31+,32-,33+;;6-,7+/m1.0/s1. The molecule has 0 radical (unpaired) electrons. The van der Waals surface area contributed by atoms with E-state index in [1.54, 1.807) is 18.5 Å². The molecule has 0 bridgehead atoms. The predicted octanol–water partition coefficient (Wildman–Crippen LogP) is 5.19. The number of pyridine rings is 1. The largest absolute Gasteiger partial charge is 0.393 e. The Morgan fingerprint density at radius 2 is 1.64 bits per heavy atom. The van der Waals surface area contributed by atoms with Gasteiger partial charge in [0.05, 0.1) is 24.9 Å². The number of amides is 2. The van der Waals surface area contributed by atoms with Crippen LogP contribution in [0.15, 0.2) is 136 Å². The minimum absolute atomic E-state index is 0.0572. The van der Waals surface area contributed by atoms with Crippen molar-refractivity contribution in [3.8, 4) is 0 Å². The first-order valence-corrected chi connectivity index (χ1v) is 30.5. The number of piperazine rings is 1. The summed E-state index contributed by atoms with van der Waals surface area (Å²) in [5.41, 5.74) is 10.5. The maximum atomic E-state index is 13.8. The molecular weight excluding hydrogens is 1110 g/mol. The number of hydrogen-bond acceptors (Lipinski definition) is 16. The number of thioether (sulfide) groups is 1. The molecule has 4 aliphatic rings. The molecule has 0 saturated carbocycles. The maximum Gasteiger partial charge on any atom is 0.351 e. The number of aryl methyl sites for hydroxylation is 2. The van der Waals surface area contributed by atoms with E-state index in [2.05, 4.69) is 47.5 Å².